The zero-order valence-electron chi connectivity index (χ0n) is 18.7. The summed E-state index contributed by atoms with van der Waals surface area (Å²) in [5.41, 5.74) is 9.11. The van der Waals surface area contributed by atoms with Crippen molar-refractivity contribution in [3.05, 3.63) is 77.2 Å². The number of benzene rings is 2. The van der Waals surface area contributed by atoms with E-state index in [2.05, 4.69) is 26.8 Å². The summed E-state index contributed by atoms with van der Waals surface area (Å²) in [6, 6.07) is 18.6. The third kappa shape index (κ3) is 4.98. The minimum absolute atomic E-state index is 0.0246. The fourth-order valence-corrected chi connectivity index (χ4v) is 4.01. The van der Waals surface area contributed by atoms with Crippen molar-refractivity contribution >= 4 is 11.8 Å². The number of nitrogens with two attached hydrogens (primary N) is 1. The smallest absolute Gasteiger partial charge is 0.191 e. The first-order chi connectivity index (χ1) is 16.1. The Bertz CT molecular complexity index is 1170. The minimum Gasteiger partial charge on any atom is -0.382 e. The van der Waals surface area contributed by atoms with Crippen molar-refractivity contribution in [3.63, 3.8) is 0 Å². The van der Waals surface area contributed by atoms with Gasteiger partial charge in [0.25, 0.3) is 0 Å². The van der Waals surface area contributed by atoms with Crippen LogP contribution in [0.3, 0.4) is 0 Å². The molecule has 1 saturated carbocycles. The third-order valence-corrected chi connectivity index (χ3v) is 6.10. The number of nitrogens with zero attached hydrogens (tertiary/aromatic N) is 4. The van der Waals surface area contributed by atoms with Crippen LogP contribution in [0.1, 0.15) is 36.1 Å². The molecule has 7 nitrogen and oxygen atoms in total. The number of hydrogen-bond acceptors (Lipinski definition) is 4. The van der Waals surface area contributed by atoms with Crippen LogP contribution in [-0.4, -0.2) is 35.9 Å². The zero-order chi connectivity index (χ0) is 23.3. The number of aliphatic imine (C=N–C) groups is 1. The summed E-state index contributed by atoms with van der Waals surface area (Å²) in [4.78, 5) is 4.29. The number of aryl methyl sites for hydroxylation is 1. The molecule has 170 valence electrons. The molecule has 1 aliphatic rings. The molecule has 1 aliphatic carbocycles. The van der Waals surface area contributed by atoms with Gasteiger partial charge in [-0.1, -0.05) is 30.3 Å². The van der Waals surface area contributed by atoms with Crippen molar-refractivity contribution in [2.75, 3.05) is 25.9 Å². The van der Waals surface area contributed by atoms with E-state index in [-0.39, 0.29) is 11.2 Å². The Morgan fingerprint density at radius 3 is 2.67 bits per heavy atom. The topological polar surface area (TPSA) is 104 Å². The number of nitrogens with one attached hydrogen (secondary N) is 2. The van der Waals surface area contributed by atoms with E-state index in [4.69, 9.17) is 5.73 Å². The number of anilines is 1. The lowest BCUT2D eigenvalue weighted by molar-refractivity contribution is 0.606. The predicted molar refractivity (Wildman–Crippen MR) is 128 cm³/mol. The first-order valence-electron chi connectivity index (χ1n) is 11.1. The van der Waals surface area contributed by atoms with Crippen molar-refractivity contribution < 1.29 is 4.39 Å². The number of nitrogen functional groups attached to an aromatic ring is 1. The molecule has 0 bridgehead atoms. The summed E-state index contributed by atoms with van der Waals surface area (Å²) >= 11 is 0. The highest BCUT2D eigenvalue weighted by molar-refractivity contribution is 5.79. The van der Waals surface area contributed by atoms with Crippen LogP contribution in [0.2, 0.25) is 0 Å². The van der Waals surface area contributed by atoms with Crippen LogP contribution in [0, 0.1) is 17.1 Å². The van der Waals surface area contributed by atoms with Crippen LogP contribution >= 0.6 is 0 Å². The number of aromatic nitrogens is 2. The second-order valence-electron chi connectivity index (χ2n) is 8.31. The van der Waals surface area contributed by atoms with E-state index in [0.717, 1.165) is 30.5 Å². The van der Waals surface area contributed by atoms with E-state index in [1.54, 1.807) is 23.9 Å². The fourth-order valence-electron chi connectivity index (χ4n) is 4.01. The average Bonchev–Trinajstić information content (AvgIpc) is 3.56. The Kier molecular flexibility index (Phi) is 6.59. The number of halogens is 1. The quantitative estimate of drug-likeness (QED) is 0.280. The molecule has 4 N–H and O–H groups in total. The highest BCUT2D eigenvalue weighted by Gasteiger charge is 2.44. The van der Waals surface area contributed by atoms with Crippen LogP contribution in [0.25, 0.3) is 5.69 Å². The molecule has 0 saturated heterocycles. The van der Waals surface area contributed by atoms with Gasteiger partial charge in [0.1, 0.15) is 23.3 Å². The lowest BCUT2D eigenvalue weighted by Crippen LogP contribution is -2.41. The van der Waals surface area contributed by atoms with Gasteiger partial charge in [0.15, 0.2) is 5.96 Å². The molecule has 4 rings (SSSR count). The van der Waals surface area contributed by atoms with Gasteiger partial charge in [-0.25, -0.2) is 9.07 Å². The molecular formula is C25H28FN7. The van der Waals surface area contributed by atoms with Crippen LogP contribution in [0.15, 0.2) is 59.6 Å². The Morgan fingerprint density at radius 1 is 1.21 bits per heavy atom. The van der Waals surface area contributed by atoms with Gasteiger partial charge in [-0.15, -0.1) is 0 Å². The Morgan fingerprint density at radius 2 is 2.00 bits per heavy atom. The summed E-state index contributed by atoms with van der Waals surface area (Å²) in [5, 5.41) is 20.8. The normalized spacial score (nSPS) is 14.5. The standard InChI is InChI=1S/C25H28FN7/c1-29-24(31-17-25(12-13-25)18-7-5-8-19(26)15-18)30-14-6-11-22-21(16-27)23(28)33(32-22)20-9-3-2-4-10-20/h2-5,7-10,15H,6,11-14,17,28H2,1H3,(H2,29,30,31). The maximum atomic E-state index is 13.6. The van der Waals surface area contributed by atoms with E-state index < -0.39 is 0 Å². The Labute approximate surface area is 193 Å². The molecule has 1 heterocycles. The second-order valence-corrected chi connectivity index (χ2v) is 8.31. The van der Waals surface area contributed by atoms with Gasteiger partial charge >= 0.3 is 0 Å². The van der Waals surface area contributed by atoms with Crippen LogP contribution < -0.4 is 16.4 Å². The Balaban J connectivity index is 1.30. The van der Waals surface area contributed by atoms with Crippen LogP contribution in [0.4, 0.5) is 10.2 Å². The number of guanidine groups is 1. The molecule has 3 aromatic rings. The van der Waals surface area contributed by atoms with Gasteiger partial charge in [0, 0.05) is 25.6 Å². The van der Waals surface area contributed by atoms with Crippen LogP contribution in [-0.2, 0) is 11.8 Å². The lowest BCUT2D eigenvalue weighted by atomic mass is 9.96. The van der Waals surface area contributed by atoms with Gasteiger partial charge < -0.3 is 16.4 Å². The van der Waals surface area contributed by atoms with E-state index >= 15 is 0 Å². The van der Waals surface area contributed by atoms with Gasteiger partial charge in [-0.2, -0.15) is 10.4 Å². The highest BCUT2D eigenvalue weighted by atomic mass is 19.1. The summed E-state index contributed by atoms with van der Waals surface area (Å²) in [6.07, 6.45) is 3.44. The number of hydrogen-bond donors (Lipinski definition) is 3. The molecule has 0 aliphatic heterocycles. The first kappa shape index (κ1) is 22.3. The number of nitriles is 1. The molecule has 33 heavy (non-hydrogen) atoms. The molecule has 0 radical (unpaired) electrons. The third-order valence-electron chi connectivity index (χ3n) is 6.10. The average molecular weight is 446 g/mol. The lowest BCUT2D eigenvalue weighted by Gasteiger charge is -2.19. The van der Waals surface area contributed by atoms with Gasteiger partial charge in [0.2, 0.25) is 0 Å². The van der Waals surface area contributed by atoms with Crippen molar-refractivity contribution in [1.29, 1.82) is 5.26 Å². The van der Waals surface area contributed by atoms with E-state index in [1.807, 2.05) is 36.4 Å². The molecule has 1 fully saturated rings. The molecule has 0 atom stereocenters. The maximum Gasteiger partial charge on any atom is 0.191 e. The Hall–Kier alpha value is -3.86. The molecule has 8 heteroatoms. The minimum atomic E-state index is -0.201. The molecule has 2 aromatic carbocycles. The number of para-hydroxylation sites is 1. The van der Waals surface area contributed by atoms with Gasteiger partial charge in [-0.3, -0.25) is 4.99 Å². The molecule has 0 spiro atoms. The molecular weight excluding hydrogens is 417 g/mol. The second kappa shape index (κ2) is 9.74. The maximum absolute atomic E-state index is 13.6. The van der Waals surface area contributed by atoms with Crippen LogP contribution in [0.5, 0.6) is 0 Å². The SMILES string of the molecule is CN=C(NCCCc1nn(-c2ccccc2)c(N)c1C#N)NCC1(c2cccc(F)c2)CC1. The van der Waals surface area contributed by atoms with Gasteiger partial charge in [-0.05, 0) is 55.5 Å². The van der Waals surface area contributed by atoms with Crippen molar-refractivity contribution in [1.82, 2.24) is 20.4 Å². The van der Waals surface area contributed by atoms with E-state index in [9.17, 15) is 9.65 Å². The number of rotatable bonds is 8. The van der Waals surface area contributed by atoms with Gasteiger partial charge in [0.05, 0.1) is 11.4 Å². The molecule has 0 amide bonds. The summed E-state index contributed by atoms with van der Waals surface area (Å²) in [6.45, 7) is 1.36. The fraction of sp³-hybridized carbons (Fsp3) is 0.320. The summed E-state index contributed by atoms with van der Waals surface area (Å²) in [7, 11) is 1.73. The van der Waals surface area contributed by atoms with Crippen molar-refractivity contribution in [2.24, 2.45) is 4.99 Å². The van der Waals surface area contributed by atoms with E-state index in [0.29, 0.717) is 42.5 Å². The largest absolute Gasteiger partial charge is 0.382 e. The zero-order valence-corrected chi connectivity index (χ0v) is 18.7. The predicted octanol–water partition coefficient (Wildman–Crippen LogP) is 3.29. The monoisotopic (exact) mass is 445 g/mol. The summed E-state index contributed by atoms with van der Waals surface area (Å²) in [5.74, 6) is 0.858. The first-order valence-corrected chi connectivity index (χ1v) is 11.1. The van der Waals surface area contributed by atoms with Crippen molar-refractivity contribution in [3.8, 4) is 11.8 Å². The van der Waals surface area contributed by atoms with Crippen molar-refractivity contribution in [2.45, 2.75) is 31.1 Å². The summed E-state index contributed by atoms with van der Waals surface area (Å²) < 4.78 is 15.2. The highest BCUT2D eigenvalue weighted by Crippen LogP contribution is 2.47. The molecule has 0 unspecified atom stereocenters. The molecule has 1 aromatic heterocycles. The van der Waals surface area contributed by atoms with E-state index in [1.165, 1.54) is 6.07 Å².